The maximum atomic E-state index is 14.2. The van der Waals surface area contributed by atoms with Gasteiger partial charge in [-0.15, -0.1) is 0 Å². The molecule has 0 bridgehead atoms. The van der Waals surface area contributed by atoms with Crippen molar-refractivity contribution in [1.82, 2.24) is 4.90 Å². The van der Waals surface area contributed by atoms with Crippen molar-refractivity contribution in [3.63, 3.8) is 0 Å². The quantitative estimate of drug-likeness (QED) is 0.694. The fourth-order valence-corrected chi connectivity index (χ4v) is 3.90. The Morgan fingerprint density at radius 3 is 2.79 bits per heavy atom. The number of benzene rings is 1. The molecule has 0 aliphatic carbocycles. The van der Waals surface area contributed by atoms with Gasteiger partial charge in [-0.2, -0.15) is 0 Å². The maximum absolute atomic E-state index is 14.2. The number of rotatable bonds is 4. The average molecular weight is 421 g/mol. The smallest absolute Gasteiger partial charge is 0.256 e. The van der Waals surface area contributed by atoms with Crippen LogP contribution in [0.1, 0.15) is 29.6 Å². The molecule has 2 saturated heterocycles. The molecular weight excluding hydrogens is 401 g/mol. The first-order valence-corrected chi connectivity index (χ1v) is 9.35. The number of nitrogens with zero attached hydrogens (tertiary/aromatic N) is 1. The van der Waals surface area contributed by atoms with Crippen molar-refractivity contribution >= 4 is 33.4 Å². The van der Waals surface area contributed by atoms with E-state index in [0.29, 0.717) is 30.6 Å². The highest BCUT2D eigenvalue weighted by Gasteiger charge is 2.27. The molecule has 3 rings (SSSR count). The van der Waals surface area contributed by atoms with E-state index in [1.807, 2.05) is 0 Å². The van der Waals surface area contributed by atoms with Crippen molar-refractivity contribution < 1.29 is 18.7 Å². The van der Waals surface area contributed by atoms with Crippen LogP contribution >= 0.6 is 27.5 Å². The molecule has 2 aliphatic heterocycles. The van der Waals surface area contributed by atoms with Crippen molar-refractivity contribution in [2.45, 2.75) is 25.4 Å². The molecule has 2 heterocycles. The fourth-order valence-electron chi connectivity index (χ4n) is 3.09. The van der Waals surface area contributed by atoms with Crippen LogP contribution in [0.2, 0.25) is 5.02 Å². The summed E-state index contributed by atoms with van der Waals surface area (Å²) in [6, 6.07) is 2.83. The monoisotopic (exact) mass is 419 g/mol. The van der Waals surface area contributed by atoms with Gasteiger partial charge in [0.05, 0.1) is 29.4 Å². The minimum atomic E-state index is -0.566. The number of hydrogen-bond donors (Lipinski definition) is 0. The van der Waals surface area contributed by atoms with E-state index < -0.39 is 5.82 Å². The van der Waals surface area contributed by atoms with Crippen LogP contribution in [0, 0.1) is 11.7 Å². The first-order chi connectivity index (χ1) is 11.5. The van der Waals surface area contributed by atoms with Gasteiger partial charge < -0.3 is 14.4 Å². The number of carbonyl (C=O) groups is 1. The van der Waals surface area contributed by atoms with Gasteiger partial charge in [-0.3, -0.25) is 4.79 Å². The molecule has 0 N–H and O–H groups in total. The molecule has 1 atom stereocenters. The first kappa shape index (κ1) is 18.1. The van der Waals surface area contributed by atoms with Crippen molar-refractivity contribution in [1.29, 1.82) is 0 Å². The molecule has 0 radical (unpaired) electrons. The summed E-state index contributed by atoms with van der Waals surface area (Å²) in [5, 5.41) is 0.337. The highest BCUT2D eigenvalue weighted by Crippen LogP contribution is 2.26. The lowest BCUT2D eigenvalue weighted by Gasteiger charge is -2.32. The predicted octanol–water partition coefficient (Wildman–Crippen LogP) is 3.90. The van der Waals surface area contributed by atoms with Crippen LogP contribution < -0.4 is 0 Å². The van der Waals surface area contributed by atoms with Crippen LogP contribution in [0.5, 0.6) is 0 Å². The van der Waals surface area contributed by atoms with Gasteiger partial charge in [0.1, 0.15) is 5.82 Å². The van der Waals surface area contributed by atoms with Gasteiger partial charge >= 0.3 is 0 Å². The Balaban J connectivity index is 1.53. The number of piperidine rings is 1. The van der Waals surface area contributed by atoms with E-state index in [1.54, 1.807) is 4.90 Å². The van der Waals surface area contributed by atoms with E-state index in [9.17, 15) is 9.18 Å². The first-order valence-electron chi connectivity index (χ1n) is 8.17. The molecule has 2 aliphatic rings. The Bertz CT molecular complexity index is 602. The van der Waals surface area contributed by atoms with Gasteiger partial charge in [0.25, 0.3) is 5.91 Å². The maximum Gasteiger partial charge on any atom is 0.256 e. The van der Waals surface area contributed by atoms with Gasteiger partial charge in [0.15, 0.2) is 0 Å². The Hall–Kier alpha value is -0.690. The highest BCUT2D eigenvalue weighted by atomic mass is 79.9. The molecule has 7 heteroatoms. The predicted molar refractivity (Wildman–Crippen MR) is 92.9 cm³/mol. The van der Waals surface area contributed by atoms with E-state index in [1.165, 1.54) is 12.1 Å². The fraction of sp³-hybridized carbons (Fsp3) is 0.588. The lowest BCUT2D eigenvalue weighted by Crippen LogP contribution is -2.41. The summed E-state index contributed by atoms with van der Waals surface area (Å²) in [6.45, 7) is 3.44. The second-order valence-corrected chi connectivity index (χ2v) is 7.59. The summed E-state index contributed by atoms with van der Waals surface area (Å²) in [7, 11) is 0. The standard InChI is InChI=1S/C17H20BrClFNO3/c18-15-8-12(19)7-14(16(15)20)17(22)21-4-1-13(2-5-21)24-10-11-3-6-23-9-11/h7-8,11,13H,1-6,9-10H2. The number of ether oxygens (including phenoxy) is 2. The number of likely N-dealkylation sites (tertiary alicyclic amines) is 1. The lowest BCUT2D eigenvalue weighted by atomic mass is 10.1. The molecule has 132 valence electrons. The largest absolute Gasteiger partial charge is 0.381 e. The van der Waals surface area contributed by atoms with E-state index in [-0.39, 0.29) is 22.0 Å². The molecule has 24 heavy (non-hydrogen) atoms. The van der Waals surface area contributed by atoms with E-state index >= 15 is 0 Å². The second-order valence-electron chi connectivity index (χ2n) is 6.30. The van der Waals surface area contributed by atoms with E-state index in [0.717, 1.165) is 32.5 Å². The summed E-state index contributed by atoms with van der Waals surface area (Å²) in [6.07, 6.45) is 2.75. The molecular formula is C17H20BrClFNO3. The van der Waals surface area contributed by atoms with Crippen LogP contribution in [-0.4, -0.2) is 49.8 Å². The normalized spacial score (nSPS) is 22.1. The molecule has 0 spiro atoms. The Kier molecular flexibility index (Phi) is 6.13. The van der Waals surface area contributed by atoms with Crippen molar-refractivity contribution in [3.8, 4) is 0 Å². The zero-order valence-electron chi connectivity index (χ0n) is 13.3. The molecule has 1 unspecified atom stereocenters. The summed E-state index contributed by atoms with van der Waals surface area (Å²) >= 11 is 9.03. The zero-order chi connectivity index (χ0) is 17.1. The summed E-state index contributed by atoms with van der Waals surface area (Å²) < 4.78 is 25.7. The van der Waals surface area contributed by atoms with Gasteiger partial charge in [-0.05, 0) is 47.3 Å². The van der Waals surface area contributed by atoms with Crippen LogP contribution in [0.15, 0.2) is 16.6 Å². The summed E-state index contributed by atoms with van der Waals surface area (Å²) in [4.78, 5) is 14.2. The number of halogens is 3. The zero-order valence-corrected chi connectivity index (χ0v) is 15.6. The van der Waals surface area contributed by atoms with Crippen molar-refractivity contribution in [3.05, 3.63) is 33.0 Å². The van der Waals surface area contributed by atoms with E-state index in [4.69, 9.17) is 21.1 Å². The lowest BCUT2D eigenvalue weighted by molar-refractivity contribution is -0.00801. The number of amides is 1. The Morgan fingerprint density at radius 1 is 1.38 bits per heavy atom. The number of carbonyl (C=O) groups excluding carboxylic acids is 1. The summed E-state index contributed by atoms with van der Waals surface area (Å²) in [5.41, 5.74) is 0.0110. The molecule has 2 fully saturated rings. The van der Waals surface area contributed by atoms with Crippen LogP contribution in [-0.2, 0) is 9.47 Å². The van der Waals surface area contributed by atoms with Crippen LogP contribution in [0.25, 0.3) is 0 Å². The van der Waals surface area contributed by atoms with Crippen LogP contribution in [0.4, 0.5) is 4.39 Å². The Morgan fingerprint density at radius 2 is 2.12 bits per heavy atom. The van der Waals surface area contributed by atoms with Gasteiger partial charge in [0, 0.05) is 30.6 Å². The average Bonchev–Trinajstić information content (AvgIpc) is 3.09. The highest BCUT2D eigenvalue weighted by molar-refractivity contribution is 9.10. The molecule has 0 aromatic heterocycles. The second kappa shape index (κ2) is 8.13. The summed E-state index contributed by atoms with van der Waals surface area (Å²) in [5.74, 6) is -0.398. The third kappa shape index (κ3) is 4.28. The van der Waals surface area contributed by atoms with Crippen molar-refractivity contribution in [2.24, 2.45) is 5.92 Å². The van der Waals surface area contributed by atoms with Gasteiger partial charge in [0.2, 0.25) is 0 Å². The third-order valence-corrected chi connectivity index (χ3v) is 5.34. The van der Waals surface area contributed by atoms with Gasteiger partial charge in [-0.1, -0.05) is 11.6 Å². The topological polar surface area (TPSA) is 38.8 Å². The molecule has 4 nitrogen and oxygen atoms in total. The minimum absolute atomic E-state index is 0.0110. The van der Waals surface area contributed by atoms with Crippen molar-refractivity contribution in [2.75, 3.05) is 32.9 Å². The number of hydrogen-bond acceptors (Lipinski definition) is 3. The Labute approximate surface area is 154 Å². The molecule has 1 amide bonds. The van der Waals surface area contributed by atoms with E-state index in [2.05, 4.69) is 15.9 Å². The van der Waals surface area contributed by atoms with Gasteiger partial charge in [-0.25, -0.2) is 4.39 Å². The minimum Gasteiger partial charge on any atom is -0.381 e. The SMILES string of the molecule is O=C(c1cc(Cl)cc(Br)c1F)N1CCC(OCC2CCOC2)CC1. The molecule has 1 aromatic carbocycles. The molecule has 1 aromatic rings. The third-order valence-electron chi connectivity index (χ3n) is 4.54. The van der Waals surface area contributed by atoms with Crippen LogP contribution in [0.3, 0.4) is 0 Å². The molecule has 0 saturated carbocycles.